The molecule has 0 fully saturated rings. The average molecular weight is 644 g/mol. The predicted octanol–water partition coefficient (Wildman–Crippen LogP) is 4.57. The van der Waals surface area contributed by atoms with E-state index in [2.05, 4.69) is 12.2 Å². The van der Waals surface area contributed by atoms with Gasteiger partial charge in [-0.1, -0.05) is 71.6 Å². The minimum atomic E-state index is -4.02. The van der Waals surface area contributed by atoms with Crippen LogP contribution in [0.15, 0.2) is 0 Å². The van der Waals surface area contributed by atoms with E-state index in [1.54, 1.807) is 11.8 Å². The van der Waals surface area contributed by atoms with E-state index < -0.39 is 7.60 Å². The molecule has 0 aromatic rings. The predicted molar refractivity (Wildman–Crippen MR) is 167 cm³/mol. The van der Waals surface area contributed by atoms with E-state index in [4.69, 9.17) is 33.5 Å². The maximum absolute atomic E-state index is 12.3. The molecular weight excluding hydrogens is 585 g/mol. The number of hydrogen-bond acceptors (Lipinski definition) is 9. The molecule has 0 aromatic carbocycles. The van der Waals surface area contributed by atoms with Crippen molar-refractivity contribution in [3.63, 3.8) is 0 Å². The van der Waals surface area contributed by atoms with E-state index in [1.165, 1.54) is 58.3 Å². The van der Waals surface area contributed by atoms with Crippen molar-refractivity contribution >= 4 is 31.2 Å². The van der Waals surface area contributed by atoms with Gasteiger partial charge in [0.25, 0.3) is 0 Å². The van der Waals surface area contributed by atoms with Crippen molar-refractivity contribution in [1.29, 1.82) is 0 Å². The van der Waals surface area contributed by atoms with E-state index in [9.17, 15) is 14.2 Å². The molecular formula is C29H58NO10PS. The Morgan fingerprint density at radius 2 is 1.31 bits per heavy atom. The Morgan fingerprint density at radius 1 is 0.762 bits per heavy atom. The van der Waals surface area contributed by atoms with Crippen molar-refractivity contribution in [1.82, 2.24) is 5.32 Å². The summed E-state index contributed by atoms with van der Waals surface area (Å²) in [5.74, 6) is 0.594. The summed E-state index contributed by atoms with van der Waals surface area (Å²) < 4.78 is 37.7. The molecule has 0 rings (SSSR count). The standard InChI is InChI=1S/C29H58NO10PS/c1-4-5-6-7-8-9-10-11-12-13-15-39-23-28(40-27(3)31)25-42-24-26(2)29(32)30-14-16-36-17-18-37-19-20-38-21-22-41(33,34)35/h26,28H,4-25H2,1-3H3,(H,30,32)(H2,33,34,35)/t26-,28+/m0/s1. The van der Waals surface area contributed by atoms with Crippen LogP contribution in [0.4, 0.5) is 0 Å². The average Bonchev–Trinajstić information content (AvgIpc) is 2.92. The van der Waals surface area contributed by atoms with Crippen molar-refractivity contribution < 1.29 is 47.6 Å². The molecule has 0 spiro atoms. The zero-order chi connectivity index (χ0) is 31.3. The summed E-state index contributed by atoms with van der Waals surface area (Å²) in [6.45, 7) is 8.56. The monoisotopic (exact) mass is 643 g/mol. The number of thioether (sulfide) groups is 1. The number of nitrogens with one attached hydrogen (secondary N) is 1. The number of ether oxygens (including phenoxy) is 5. The summed E-state index contributed by atoms with van der Waals surface area (Å²) in [5, 5.41) is 2.86. The van der Waals surface area contributed by atoms with E-state index in [0.29, 0.717) is 57.7 Å². The van der Waals surface area contributed by atoms with E-state index in [-0.39, 0.29) is 43.3 Å². The maximum atomic E-state index is 12.3. The number of amides is 1. The molecule has 11 nitrogen and oxygen atoms in total. The first-order chi connectivity index (χ1) is 20.2. The highest BCUT2D eigenvalue weighted by Gasteiger charge is 2.17. The molecule has 13 heteroatoms. The van der Waals surface area contributed by atoms with Crippen LogP contribution < -0.4 is 5.32 Å². The van der Waals surface area contributed by atoms with Crippen LogP contribution in [0.3, 0.4) is 0 Å². The summed E-state index contributed by atoms with van der Waals surface area (Å²) in [6.07, 6.45) is 12.1. The molecule has 2 atom stereocenters. The van der Waals surface area contributed by atoms with Crippen LogP contribution in [0.1, 0.15) is 85.0 Å². The van der Waals surface area contributed by atoms with Gasteiger partial charge in [0.1, 0.15) is 6.10 Å². The smallest absolute Gasteiger partial charge is 0.327 e. The highest BCUT2D eigenvalue weighted by molar-refractivity contribution is 7.99. The van der Waals surface area contributed by atoms with Crippen LogP contribution in [-0.4, -0.2) is 105 Å². The lowest BCUT2D eigenvalue weighted by atomic mass is 10.1. The van der Waals surface area contributed by atoms with Crippen molar-refractivity contribution in [2.75, 3.05) is 77.1 Å². The SMILES string of the molecule is CCCCCCCCCCCCOC[C@H](CSC[C@H](C)C(=O)NCCOCCOCCOCCP(=O)(O)O)OC(C)=O. The summed E-state index contributed by atoms with van der Waals surface area (Å²) in [4.78, 5) is 41.3. The molecule has 42 heavy (non-hydrogen) atoms. The molecule has 0 aliphatic carbocycles. The van der Waals surface area contributed by atoms with Gasteiger partial charge >= 0.3 is 13.6 Å². The van der Waals surface area contributed by atoms with E-state index in [0.717, 1.165) is 12.8 Å². The molecule has 250 valence electrons. The van der Waals surface area contributed by atoms with Gasteiger partial charge in [-0.25, -0.2) is 0 Å². The second-order valence-corrected chi connectivity index (χ2v) is 13.3. The molecule has 0 radical (unpaired) electrons. The number of hydrogen-bond donors (Lipinski definition) is 3. The van der Waals surface area contributed by atoms with Gasteiger partial charge in [-0.15, -0.1) is 0 Å². The number of rotatable bonds is 31. The van der Waals surface area contributed by atoms with Crippen LogP contribution in [0.25, 0.3) is 0 Å². The Hall–Kier alpha value is -0.720. The molecule has 0 heterocycles. The molecule has 0 unspecified atom stereocenters. The highest BCUT2D eigenvalue weighted by atomic mass is 32.2. The van der Waals surface area contributed by atoms with Gasteiger partial charge in [-0.05, 0) is 6.42 Å². The quantitative estimate of drug-likeness (QED) is 0.0554. The second kappa shape index (κ2) is 29.0. The minimum absolute atomic E-state index is 0.0125. The van der Waals surface area contributed by atoms with Gasteiger partial charge in [0.15, 0.2) is 0 Å². The Labute approximate surface area is 258 Å². The lowest BCUT2D eigenvalue weighted by Gasteiger charge is -2.18. The van der Waals surface area contributed by atoms with Crippen molar-refractivity contribution in [2.24, 2.45) is 5.92 Å². The molecule has 0 saturated carbocycles. The normalized spacial score (nSPS) is 13.2. The first-order valence-electron chi connectivity index (χ1n) is 15.5. The Balaban J connectivity index is 3.76. The highest BCUT2D eigenvalue weighted by Crippen LogP contribution is 2.33. The summed E-state index contributed by atoms with van der Waals surface area (Å²) in [7, 11) is -4.02. The number of carbonyl (C=O) groups is 2. The van der Waals surface area contributed by atoms with Gasteiger partial charge in [-0.2, -0.15) is 11.8 Å². The first-order valence-corrected chi connectivity index (χ1v) is 18.5. The molecule has 0 saturated heterocycles. The molecule has 0 bridgehead atoms. The number of carbonyl (C=O) groups excluding carboxylic acids is 2. The largest absolute Gasteiger partial charge is 0.459 e. The van der Waals surface area contributed by atoms with Crippen LogP contribution in [0.2, 0.25) is 0 Å². The fourth-order valence-corrected chi connectivity index (χ4v) is 5.29. The van der Waals surface area contributed by atoms with Crippen LogP contribution >= 0.6 is 19.4 Å². The van der Waals surface area contributed by atoms with Gasteiger partial charge in [-0.3, -0.25) is 14.2 Å². The Morgan fingerprint density at radius 3 is 1.88 bits per heavy atom. The van der Waals surface area contributed by atoms with Gasteiger partial charge in [0.05, 0.1) is 52.4 Å². The minimum Gasteiger partial charge on any atom is -0.459 e. The van der Waals surface area contributed by atoms with Crippen LogP contribution in [-0.2, 0) is 37.8 Å². The van der Waals surface area contributed by atoms with Crippen molar-refractivity contribution in [2.45, 2.75) is 91.1 Å². The molecule has 3 N–H and O–H groups in total. The number of unbranched alkanes of at least 4 members (excludes halogenated alkanes) is 9. The third-order valence-corrected chi connectivity index (χ3v) is 8.32. The fraction of sp³-hybridized carbons (Fsp3) is 0.931. The van der Waals surface area contributed by atoms with Gasteiger partial charge in [0.2, 0.25) is 5.91 Å². The second-order valence-electron chi connectivity index (χ2n) is 10.4. The lowest BCUT2D eigenvalue weighted by molar-refractivity contribution is -0.148. The molecule has 0 aliphatic heterocycles. The molecule has 0 aromatic heterocycles. The topological polar surface area (TPSA) is 150 Å². The van der Waals surface area contributed by atoms with Crippen LogP contribution in [0.5, 0.6) is 0 Å². The van der Waals surface area contributed by atoms with Gasteiger partial charge in [0, 0.05) is 37.5 Å². The van der Waals surface area contributed by atoms with Crippen molar-refractivity contribution in [3.8, 4) is 0 Å². The first kappa shape index (κ1) is 41.3. The third kappa shape index (κ3) is 30.7. The third-order valence-electron chi connectivity index (χ3n) is 6.21. The fourth-order valence-electron chi connectivity index (χ4n) is 3.86. The Kier molecular flexibility index (Phi) is 28.5. The molecule has 1 amide bonds. The molecule has 0 aliphatic rings. The lowest BCUT2D eigenvalue weighted by Crippen LogP contribution is -2.33. The van der Waals surface area contributed by atoms with Crippen LogP contribution in [0, 0.1) is 5.92 Å². The number of esters is 1. The van der Waals surface area contributed by atoms with E-state index in [1.807, 2.05) is 6.92 Å². The summed E-state index contributed by atoms with van der Waals surface area (Å²) >= 11 is 1.57. The van der Waals surface area contributed by atoms with E-state index >= 15 is 0 Å². The zero-order valence-electron chi connectivity index (χ0n) is 26.2. The van der Waals surface area contributed by atoms with Gasteiger partial charge < -0.3 is 38.8 Å². The zero-order valence-corrected chi connectivity index (χ0v) is 27.9. The maximum Gasteiger partial charge on any atom is 0.327 e. The summed E-state index contributed by atoms with van der Waals surface area (Å²) in [5.41, 5.74) is 0. The Bertz CT molecular complexity index is 697. The summed E-state index contributed by atoms with van der Waals surface area (Å²) in [6, 6.07) is 0. The van der Waals surface area contributed by atoms with Crippen molar-refractivity contribution in [3.05, 3.63) is 0 Å².